The predicted molar refractivity (Wildman–Crippen MR) is 121 cm³/mol. The average Bonchev–Trinajstić information content (AvgIpc) is 2.76. The number of fused-ring (bicyclic) bond motifs is 1. The lowest BCUT2D eigenvalue weighted by molar-refractivity contribution is 0.306. The van der Waals surface area contributed by atoms with Crippen molar-refractivity contribution in [2.45, 2.75) is 13.5 Å². The Hall–Kier alpha value is -3.15. The zero-order chi connectivity index (χ0) is 21.8. The lowest BCUT2D eigenvalue weighted by Crippen LogP contribution is -2.06. The summed E-state index contributed by atoms with van der Waals surface area (Å²) < 4.78 is 22.7. The van der Waals surface area contributed by atoms with Crippen molar-refractivity contribution in [3.8, 4) is 23.0 Å². The number of halogens is 2. The van der Waals surface area contributed by atoms with E-state index in [1.54, 1.807) is 54.6 Å². The van der Waals surface area contributed by atoms with Gasteiger partial charge in [-0.1, -0.05) is 41.4 Å². The summed E-state index contributed by atoms with van der Waals surface area (Å²) >= 11 is 12.1. The van der Waals surface area contributed by atoms with Crippen molar-refractivity contribution < 1.29 is 18.6 Å². The van der Waals surface area contributed by atoms with Crippen molar-refractivity contribution >= 4 is 34.2 Å². The van der Waals surface area contributed by atoms with Crippen LogP contribution < -0.4 is 19.6 Å². The number of para-hydroxylation sites is 2. The topological polar surface area (TPSA) is 57.9 Å². The summed E-state index contributed by atoms with van der Waals surface area (Å²) in [7, 11) is 0. The van der Waals surface area contributed by atoms with E-state index in [1.165, 1.54) is 6.26 Å². The van der Waals surface area contributed by atoms with Crippen molar-refractivity contribution in [2.24, 2.45) is 0 Å². The van der Waals surface area contributed by atoms with E-state index in [1.807, 2.05) is 13.0 Å². The Morgan fingerprint density at radius 1 is 0.903 bits per heavy atom. The van der Waals surface area contributed by atoms with Gasteiger partial charge in [0, 0.05) is 21.7 Å². The van der Waals surface area contributed by atoms with Crippen LogP contribution in [0.5, 0.6) is 23.0 Å². The maximum atomic E-state index is 12.9. The van der Waals surface area contributed by atoms with E-state index in [2.05, 4.69) is 0 Å². The first-order valence-electron chi connectivity index (χ1n) is 9.57. The van der Waals surface area contributed by atoms with Gasteiger partial charge in [-0.15, -0.1) is 0 Å². The van der Waals surface area contributed by atoms with Crippen LogP contribution in [0.15, 0.2) is 76.1 Å². The van der Waals surface area contributed by atoms with Crippen LogP contribution in [-0.4, -0.2) is 6.61 Å². The molecular formula is C24H18Cl2O5. The van der Waals surface area contributed by atoms with Gasteiger partial charge in [0.1, 0.15) is 24.2 Å². The van der Waals surface area contributed by atoms with Crippen molar-refractivity contribution in [1.82, 2.24) is 0 Å². The Kier molecular flexibility index (Phi) is 6.35. The molecule has 0 N–H and O–H groups in total. The second-order valence-electron chi connectivity index (χ2n) is 6.59. The van der Waals surface area contributed by atoms with Crippen molar-refractivity contribution in [3.63, 3.8) is 0 Å². The van der Waals surface area contributed by atoms with Crippen LogP contribution in [-0.2, 0) is 6.61 Å². The molecule has 4 aromatic rings. The summed E-state index contributed by atoms with van der Waals surface area (Å²) in [6, 6.07) is 17.3. The van der Waals surface area contributed by atoms with Crippen LogP contribution in [0.1, 0.15) is 12.5 Å². The molecule has 3 aromatic carbocycles. The third-order valence-corrected chi connectivity index (χ3v) is 5.08. The maximum absolute atomic E-state index is 12.9. The van der Waals surface area contributed by atoms with E-state index in [-0.39, 0.29) is 17.8 Å². The Labute approximate surface area is 188 Å². The summed E-state index contributed by atoms with van der Waals surface area (Å²) in [4.78, 5) is 12.9. The summed E-state index contributed by atoms with van der Waals surface area (Å²) in [6.45, 7) is 2.61. The summed E-state index contributed by atoms with van der Waals surface area (Å²) in [5, 5.41) is 1.46. The SMILES string of the molecule is CCOc1ccccc1Oc1coc2cc(OCc3ccc(Cl)cc3Cl)ccc2c1=O. The molecule has 0 aliphatic rings. The Balaban J connectivity index is 1.56. The summed E-state index contributed by atoms with van der Waals surface area (Å²) in [5.74, 6) is 1.60. The zero-order valence-corrected chi connectivity index (χ0v) is 18.1. The lowest BCUT2D eigenvalue weighted by atomic mass is 10.2. The smallest absolute Gasteiger partial charge is 0.235 e. The van der Waals surface area contributed by atoms with E-state index in [9.17, 15) is 4.79 Å². The van der Waals surface area contributed by atoms with Crippen molar-refractivity contribution in [2.75, 3.05) is 6.61 Å². The highest BCUT2D eigenvalue weighted by Crippen LogP contribution is 2.31. The Morgan fingerprint density at radius 2 is 1.71 bits per heavy atom. The van der Waals surface area contributed by atoms with Gasteiger partial charge in [0.05, 0.1) is 12.0 Å². The number of hydrogen-bond acceptors (Lipinski definition) is 5. The van der Waals surface area contributed by atoms with Gasteiger partial charge < -0.3 is 18.6 Å². The van der Waals surface area contributed by atoms with Gasteiger partial charge in [0.15, 0.2) is 11.5 Å². The molecule has 0 saturated carbocycles. The first-order chi connectivity index (χ1) is 15.0. The van der Waals surface area contributed by atoms with Gasteiger partial charge in [-0.25, -0.2) is 0 Å². The third kappa shape index (κ3) is 4.79. The third-order valence-electron chi connectivity index (χ3n) is 4.49. The van der Waals surface area contributed by atoms with Gasteiger partial charge in [-0.2, -0.15) is 0 Å². The molecule has 0 saturated heterocycles. The fraction of sp³-hybridized carbons (Fsp3) is 0.125. The molecule has 4 rings (SSSR count). The molecular weight excluding hydrogens is 439 g/mol. The maximum Gasteiger partial charge on any atom is 0.235 e. The van der Waals surface area contributed by atoms with Crippen LogP contribution in [0.3, 0.4) is 0 Å². The Morgan fingerprint density at radius 3 is 2.48 bits per heavy atom. The van der Waals surface area contributed by atoms with E-state index in [0.29, 0.717) is 44.9 Å². The number of ether oxygens (including phenoxy) is 3. The second kappa shape index (κ2) is 9.33. The quantitative estimate of drug-likeness (QED) is 0.303. The van der Waals surface area contributed by atoms with Crippen LogP contribution in [0.25, 0.3) is 11.0 Å². The van der Waals surface area contributed by atoms with Gasteiger partial charge in [0.25, 0.3) is 0 Å². The zero-order valence-electron chi connectivity index (χ0n) is 16.6. The highest BCUT2D eigenvalue weighted by molar-refractivity contribution is 6.35. The molecule has 1 aromatic heterocycles. The normalized spacial score (nSPS) is 10.8. The number of hydrogen-bond donors (Lipinski definition) is 0. The molecule has 0 unspecified atom stereocenters. The van der Waals surface area contributed by atoms with E-state index >= 15 is 0 Å². The summed E-state index contributed by atoms with van der Waals surface area (Å²) in [5.41, 5.74) is 0.888. The largest absolute Gasteiger partial charge is 0.490 e. The van der Waals surface area contributed by atoms with Crippen LogP contribution in [0.4, 0.5) is 0 Å². The molecule has 1 heterocycles. The number of rotatable bonds is 7. The van der Waals surface area contributed by atoms with Gasteiger partial charge in [-0.3, -0.25) is 4.79 Å². The standard InChI is InChI=1S/C24H18Cl2O5/c1-2-28-20-5-3-4-6-21(20)31-23-14-30-22-12-17(9-10-18(22)24(23)27)29-13-15-7-8-16(25)11-19(15)26/h3-12,14H,2,13H2,1H3. The van der Waals surface area contributed by atoms with E-state index in [0.717, 1.165) is 5.56 Å². The molecule has 7 heteroatoms. The second-order valence-corrected chi connectivity index (χ2v) is 7.44. The summed E-state index contributed by atoms with van der Waals surface area (Å²) in [6.07, 6.45) is 1.28. The van der Waals surface area contributed by atoms with Crippen molar-refractivity contribution in [3.05, 3.63) is 92.8 Å². The first-order valence-corrected chi connectivity index (χ1v) is 10.3. The minimum atomic E-state index is -0.292. The fourth-order valence-electron chi connectivity index (χ4n) is 2.98. The van der Waals surface area contributed by atoms with Gasteiger partial charge in [-0.05, 0) is 43.3 Å². The molecule has 0 atom stereocenters. The first kappa shape index (κ1) is 21.1. The lowest BCUT2D eigenvalue weighted by Gasteiger charge is -2.11. The van der Waals surface area contributed by atoms with Gasteiger partial charge in [0.2, 0.25) is 11.2 Å². The Bertz CT molecular complexity index is 1280. The minimum Gasteiger partial charge on any atom is -0.490 e. The molecule has 0 bridgehead atoms. The van der Waals surface area contributed by atoms with Gasteiger partial charge >= 0.3 is 0 Å². The molecule has 0 aliphatic heterocycles. The number of benzene rings is 3. The predicted octanol–water partition coefficient (Wildman–Crippen LogP) is 6.87. The highest BCUT2D eigenvalue weighted by Gasteiger charge is 2.13. The molecule has 0 fully saturated rings. The van der Waals surface area contributed by atoms with E-state index < -0.39 is 0 Å². The fourth-order valence-corrected chi connectivity index (χ4v) is 3.44. The minimum absolute atomic E-state index is 0.0706. The molecule has 158 valence electrons. The monoisotopic (exact) mass is 456 g/mol. The van der Waals surface area contributed by atoms with Crippen molar-refractivity contribution in [1.29, 1.82) is 0 Å². The van der Waals surface area contributed by atoms with Crippen LogP contribution in [0, 0.1) is 0 Å². The molecule has 0 amide bonds. The van der Waals surface area contributed by atoms with Crippen LogP contribution >= 0.6 is 23.2 Å². The molecule has 0 radical (unpaired) electrons. The highest BCUT2D eigenvalue weighted by atomic mass is 35.5. The molecule has 31 heavy (non-hydrogen) atoms. The molecule has 0 aliphatic carbocycles. The molecule has 5 nitrogen and oxygen atoms in total. The van der Waals surface area contributed by atoms with Crippen LogP contribution in [0.2, 0.25) is 10.0 Å². The average molecular weight is 457 g/mol. The van der Waals surface area contributed by atoms with E-state index in [4.69, 9.17) is 41.8 Å². The molecule has 0 spiro atoms.